The Morgan fingerprint density at radius 3 is 2.55 bits per heavy atom. The second kappa shape index (κ2) is 8.54. The van der Waals surface area contributed by atoms with Crippen LogP contribution in [-0.4, -0.2) is 32.8 Å². The van der Waals surface area contributed by atoms with Crippen molar-refractivity contribution in [2.24, 2.45) is 0 Å². The lowest BCUT2D eigenvalue weighted by Gasteiger charge is -2.36. The second-order valence-electron chi connectivity index (χ2n) is 8.50. The van der Waals surface area contributed by atoms with Crippen LogP contribution >= 0.6 is 27.5 Å². The lowest BCUT2D eigenvalue weighted by atomic mass is 9.90. The van der Waals surface area contributed by atoms with Crippen molar-refractivity contribution in [2.75, 3.05) is 0 Å². The summed E-state index contributed by atoms with van der Waals surface area (Å²) >= 11 is 9.58. The standard InChI is InChI=1S/C25H21BrClNO5/c26-15-7-9-19-14(10-15)12-20(33-19)23(30)21-22(13-6-8-18(29)17(27)11-13)28(25(32)24(21)31)16-4-2-1-3-5-16/h6-12,16,22,29,31H,1-5H2. The molecule has 5 rings (SSSR count). The van der Waals surface area contributed by atoms with Crippen molar-refractivity contribution in [3.63, 3.8) is 0 Å². The smallest absolute Gasteiger partial charge is 0.290 e. The van der Waals surface area contributed by atoms with Crippen LogP contribution in [0.2, 0.25) is 5.02 Å². The number of phenolic OH excluding ortho intramolecular Hbond substituents is 1. The molecule has 1 unspecified atom stereocenters. The number of aliphatic hydroxyl groups excluding tert-OH is 1. The third-order valence-corrected chi connectivity index (χ3v) is 7.24. The number of rotatable bonds is 4. The molecule has 1 aliphatic carbocycles. The number of carbonyl (C=O) groups is 2. The van der Waals surface area contributed by atoms with Crippen molar-refractivity contribution in [2.45, 2.75) is 44.2 Å². The van der Waals surface area contributed by atoms with E-state index in [0.717, 1.165) is 42.0 Å². The Labute approximate surface area is 203 Å². The summed E-state index contributed by atoms with van der Waals surface area (Å²) in [6.07, 6.45) is 4.62. The monoisotopic (exact) mass is 529 g/mol. The predicted molar refractivity (Wildman–Crippen MR) is 127 cm³/mol. The van der Waals surface area contributed by atoms with Gasteiger partial charge in [-0.3, -0.25) is 9.59 Å². The van der Waals surface area contributed by atoms with Gasteiger partial charge in [0.1, 0.15) is 11.3 Å². The number of halogens is 2. The van der Waals surface area contributed by atoms with Crippen LogP contribution in [0.4, 0.5) is 0 Å². The maximum atomic E-state index is 13.6. The fourth-order valence-electron chi connectivity index (χ4n) is 4.87. The molecule has 0 saturated heterocycles. The van der Waals surface area contributed by atoms with Gasteiger partial charge in [0.05, 0.1) is 16.6 Å². The Morgan fingerprint density at radius 2 is 1.82 bits per heavy atom. The molecule has 1 amide bonds. The summed E-state index contributed by atoms with van der Waals surface area (Å²) in [5, 5.41) is 21.6. The molecule has 3 aromatic rings. The summed E-state index contributed by atoms with van der Waals surface area (Å²) in [5.41, 5.74) is 1.03. The molecule has 2 aromatic carbocycles. The Bertz CT molecular complexity index is 1310. The number of Topliss-reactive ketones (excluding diaryl/α,β-unsaturated/α-hetero) is 1. The van der Waals surface area contributed by atoms with Crippen LogP contribution < -0.4 is 0 Å². The van der Waals surface area contributed by atoms with Gasteiger partial charge in [-0.25, -0.2) is 0 Å². The average molecular weight is 531 g/mol. The summed E-state index contributed by atoms with van der Waals surface area (Å²) in [5.74, 6) is -1.75. The minimum Gasteiger partial charge on any atom is -0.506 e. The highest BCUT2D eigenvalue weighted by Crippen LogP contribution is 2.44. The number of hydrogen-bond donors (Lipinski definition) is 2. The molecule has 8 heteroatoms. The van der Waals surface area contributed by atoms with Gasteiger partial charge in [-0.1, -0.05) is 52.9 Å². The van der Waals surface area contributed by atoms with E-state index in [0.29, 0.717) is 11.1 Å². The van der Waals surface area contributed by atoms with E-state index in [2.05, 4.69) is 15.9 Å². The molecule has 1 aliphatic heterocycles. The molecule has 2 N–H and O–H groups in total. The molecular formula is C25H21BrClNO5. The molecule has 1 aromatic heterocycles. The van der Waals surface area contributed by atoms with Crippen LogP contribution in [0.5, 0.6) is 5.75 Å². The SMILES string of the molecule is O=C(C1=C(O)C(=O)N(C2CCCCC2)C1c1ccc(O)c(Cl)c1)c1cc2cc(Br)ccc2o1. The van der Waals surface area contributed by atoms with Crippen LogP contribution in [0.15, 0.2) is 62.7 Å². The highest BCUT2D eigenvalue weighted by molar-refractivity contribution is 9.10. The van der Waals surface area contributed by atoms with Gasteiger partial charge in [0, 0.05) is 15.9 Å². The fraction of sp³-hybridized carbons (Fsp3) is 0.280. The van der Waals surface area contributed by atoms with Crippen LogP contribution in [0, 0.1) is 0 Å². The molecule has 6 nitrogen and oxygen atoms in total. The Balaban J connectivity index is 1.62. The van der Waals surface area contributed by atoms with Gasteiger partial charge in [-0.05, 0) is 54.8 Å². The summed E-state index contributed by atoms with van der Waals surface area (Å²) in [7, 11) is 0. The molecule has 0 spiro atoms. The number of nitrogens with zero attached hydrogens (tertiary/aromatic N) is 1. The first-order valence-corrected chi connectivity index (χ1v) is 12.0. The van der Waals surface area contributed by atoms with Crippen molar-refractivity contribution in [1.29, 1.82) is 0 Å². The number of phenols is 1. The number of amides is 1. The van der Waals surface area contributed by atoms with E-state index in [1.165, 1.54) is 12.1 Å². The second-order valence-corrected chi connectivity index (χ2v) is 9.82. The Morgan fingerprint density at radius 1 is 1.06 bits per heavy atom. The zero-order valence-electron chi connectivity index (χ0n) is 17.6. The zero-order chi connectivity index (χ0) is 23.3. The lowest BCUT2D eigenvalue weighted by molar-refractivity contribution is -0.132. The molecule has 0 radical (unpaired) electrons. The summed E-state index contributed by atoms with van der Waals surface area (Å²) in [6, 6.07) is 10.6. The van der Waals surface area contributed by atoms with Crippen molar-refractivity contribution in [1.82, 2.24) is 4.90 Å². The minimum atomic E-state index is -0.828. The lowest BCUT2D eigenvalue weighted by Crippen LogP contribution is -2.41. The number of ketones is 1. The van der Waals surface area contributed by atoms with Gasteiger partial charge in [0.2, 0.25) is 5.78 Å². The molecule has 0 bridgehead atoms. The number of aromatic hydroxyl groups is 1. The predicted octanol–water partition coefficient (Wildman–Crippen LogP) is 6.47. The van der Waals surface area contributed by atoms with Gasteiger partial charge < -0.3 is 19.5 Å². The third-order valence-electron chi connectivity index (χ3n) is 6.45. The number of carbonyl (C=O) groups excluding carboxylic acids is 2. The van der Waals surface area contributed by atoms with Crippen molar-refractivity contribution in [3.05, 3.63) is 74.6 Å². The van der Waals surface area contributed by atoms with E-state index in [4.69, 9.17) is 16.0 Å². The maximum absolute atomic E-state index is 13.6. The molecule has 2 heterocycles. The van der Waals surface area contributed by atoms with Crippen LogP contribution in [0.25, 0.3) is 11.0 Å². The average Bonchev–Trinajstić information content (AvgIpc) is 3.34. The third kappa shape index (κ3) is 3.83. The number of hydrogen-bond acceptors (Lipinski definition) is 5. The van der Waals surface area contributed by atoms with Crippen LogP contribution in [0.1, 0.15) is 54.3 Å². The minimum absolute atomic E-state index is 0.0366. The molecule has 2 aliphatic rings. The Hall–Kier alpha value is -2.77. The number of fused-ring (bicyclic) bond motifs is 1. The summed E-state index contributed by atoms with van der Waals surface area (Å²) in [4.78, 5) is 28.5. The van der Waals surface area contributed by atoms with Crippen molar-refractivity contribution >= 4 is 50.2 Å². The Kier molecular flexibility index (Phi) is 5.70. The topological polar surface area (TPSA) is 91.0 Å². The van der Waals surface area contributed by atoms with Gasteiger partial charge in [0.25, 0.3) is 5.91 Å². The molecule has 170 valence electrons. The van der Waals surface area contributed by atoms with E-state index >= 15 is 0 Å². The molecule has 1 atom stereocenters. The number of furan rings is 1. The van der Waals surface area contributed by atoms with Crippen molar-refractivity contribution < 1.29 is 24.2 Å². The molecule has 1 saturated carbocycles. The van der Waals surface area contributed by atoms with E-state index in [1.807, 2.05) is 12.1 Å². The van der Waals surface area contributed by atoms with Crippen LogP contribution in [-0.2, 0) is 4.79 Å². The number of aliphatic hydroxyl groups is 1. The highest BCUT2D eigenvalue weighted by Gasteiger charge is 2.47. The van der Waals surface area contributed by atoms with Crippen molar-refractivity contribution in [3.8, 4) is 5.75 Å². The van der Waals surface area contributed by atoms with Crippen LogP contribution in [0.3, 0.4) is 0 Å². The highest BCUT2D eigenvalue weighted by atomic mass is 79.9. The molecular weight excluding hydrogens is 510 g/mol. The summed E-state index contributed by atoms with van der Waals surface area (Å²) in [6.45, 7) is 0. The molecule has 1 fully saturated rings. The maximum Gasteiger partial charge on any atom is 0.290 e. The normalized spacial score (nSPS) is 19.6. The molecule has 33 heavy (non-hydrogen) atoms. The summed E-state index contributed by atoms with van der Waals surface area (Å²) < 4.78 is 6.62. The number of benzene rings is 2. The zero-order valence-corrected chi connectivity index (χ0v) is 19.9. The van der Waals surface area contributed by atoms with Gasteiger partial charge in [0.15, 0.2) is 11.5 Å². The first kappa shape index (κ1) is 22.0. The van der Waals surface area contributed by atoms with E-state index in [9.17, 15) is 19.8 Å². The fourth-order valence-corrected chi connectivity index (χ4v) is 5.44. The van der Waals surface area contributed by atoms with E-state index in [-0.39, 0.29) is 28.1 Å². The van der Waals surface area contributed by atoms with Gasteiger partial charge in [-0.2, -0.15) is 0 Å². The van der Waals surface area contributed by atoms with Gasteiger partial charge in [-0.15, -0.1) is 0 Å². The first-order valence-electron chi connectivity index (χ1n) is 10.8. The van der Waals surface area contributed by atoms with E-state index in [1.54, 1.807) is 23.1 Å². The largest absolute Gasteiger partial charge is 0.506 e. The first-order chi connectivity index (χ1) is 15.8. The van der Waals surface area contributed by atoms with Gasteiger partial charge >= 0.3 is 0 Å². The quantitative estimate of drug-likeness (QED) is 0.378. The van der Waals surface area contributed by atoms with E-state index < -0.39 is 23.5 Å².